The molecular formula is C18H20ClN3O2. The lowest BCUT2D eigenvalue weighted by molar-refractivity contribution is -0.138. The fraction of sp³-hybridized carbons (Fsp3) is 0.444. The number of carbonyl (C=O) groups excluding carboxylic acids is 1. The van der Waals surface area contributed by atoms with Gasteiger partial charge < -0.3 is 9.64 Å². The highest BCUT2D eigenvalue weighted by atomic mass is 35.5. The van der Waals surface area contributed by atoms with Crippen LogP contribution >= 0.6 is 11.6 Å². The molecule has 2 aliphatic rings. The predicted octanol–water partition coefficient (Wildman–Crippen LogP) is 2.95. The van der Waals surface area contributed by atoms with Gasteiger partial charge in [0.15, 0.2) is 0 Å². The standard InChI is InChI=1S/C18H20ClN3O2/c19-15-4-5-17-13(10-15)9-14(12-24-17)18(23)21-7-1-3-16(11-21)22-8-2-6-20-22/h2,4-6,8,10,14,16H,1,3,7,9,11-12H2/t14-,16+/m0/s1. The Morgan fingerprint density at radius 2 is 2.29 bits per heavy atom. The van der Waals surface area contributed by atoms with Crippen LogP contribution in [-0.4, -0.2) is 40.3 Å². The van der Waals surface area contributed by atoms with Crippen LogP contribution < -0.4 is 4.74 Å². The first kappa shape index (κ1) is 15.5. The Balaban J connectivity index is 1.46. The topological polar surface area (TPSA) is 47.4 Å². The Hall–Kier alpha value is -2.01. The predicted molar refractivity (Wildman–Crippen MR) is 91.2 cm³/mol. The number of fused-ring (bicyclic) bond motifs is 1. The van der Waals surface area contributed by atoms with Crippen molar-refractivity contribution in [3.05, 3.63) is 47.2 Å². The average molecular weight is 346 g/mol. The molecule has 0 bridgehead atoms. The number of amides is 1. The fourth-order valence-corrected chi connectivity index (χ4v) is 3.84. The highest BCUT2D eigenvalue weighted by molar-refractivity contribution is 6.30. The molecule has 2 atom stereocenters. The van der Waals surface area contributed by atoms with E-state index in [1.54, 1.807) is 6.20 Å². The molecule has 2 aromatic rings. The molecule has 1 fully saturated rings. The second kappa shape index (κ2) is 6.48. The molecule has 1 amide bonds. The Labute approximate surface area is 146 Å². The van der Waals surface area contributed by atoms with Gasteiger partial charge >= 0.3 is 0 Å². The van der Waals surface area contributed by atoms with Crippen LogP contribution in [0.25, 0.3) is 0 Å². The molecule has 1 aromatic carbocycles. The van der Waals surface area contributed by atoms with Gasteiger partial charge in [0, 0.05) is 30.5 Å². The van der Waals surface area contributed by atoms with E-state index in [1.807, 2.05) is 40.0 Å². The van der Waals surface area contributed by atoms with Crippen molar-refractivity contribution in [2.75, 3.05) is 19.7 Å². The smallest absolute Gasteiger partial charge is 0.229 e. The second-order valence-corrected chi connectivity index (χ2v) is 6.97. The Kier molecular flexibility index (Phi) is 4.19. The summed E-state index contributed by atoms with van der Waals surface area (Å²) >= 11 is 6.07. The van der Waals surface area contributed by atoms with E-state index in [1.165, 1.54) is 0 Å². The van der Waals surface area contributed by atoms with Gasteiger partial charge in [-0.25, -0.2) is 0 Å². The summed E-state index contributed by atoms with van der Waals surface area (Å²) in [6, 6.07) is 7.80. The van der Waals surface area contributed by atoms with Crippen molar-refractivity contribution >= 4 is 17.5 Å². The molecule has 2 aliphatic heterocycles. The molecule has 0 radical (unpaired) electrons. The van der Waals surface area contributed by atoms with Crippen LogP contribution in [0, 0.1) is 5.92 Å². The molecule has 0 aliphatic carbocycles. The van der Waals surface area contributed by atoms with Crippen molar-refractivity contribution in [2.24, 2.45) is 5.92 Å². The highest BCUT2D eigenvalue weighted by Gasteiger charge is 2.32. The molecule has 1 aromatic heterocycles. The number of hydrogen-bond donors (Lipinski definition) is 0. The lowest BCUT2D eigenvalue weighted by Gasteiger charge is -2.36. The van der Waals surface area contributed by atoms with Crippen LogP contribution in [0.1, 0.15) is 24.4 Å². The quantitative estimate of drug-likeness (QED) is 0.840. The first-order valence-corrected chi connectivity index (χ1v) is 8.77. The number of piperidine rings is 1. The van der Waals surface area contributed by atoms with E-state index in [0.717, 1.165) is 37.2 Å². The first-order valence-electron chi connectivity index (χ1n) is 8.40. The largest absolute Gasteiger partial charge is 0.492 e. The molecule has 0 spiro atoms. The lowest BCUT2D eigenvalue weighted by atomic mass is 9.94. The van der Waals surface area contributed by atoms with Gasteiger partial charge in [-0.05, 0) is 49.1 Å². The summed E-state index contributed by atoms with van der Waals surface area (Å²) in [5.41, 5.74) is 1.02. The van der Waals surface area contributed by atoms with Crippen molar-refractivity contribution in [3.63, 3.8) is 0 Å². The van der Waals surface area contributed by atoms with Gasteiger partial charge in [0.25, 0.3) is 0 Å². The third-order valence-corrected chi connectivity index (χ3v) is 5.12. The molecule has 4 rings (SSSR count). The van der Waals surface area contributed by atoms with Crippen molar-refractivity contribution in [3.8, 4) is 5.75 Å². The van der Waals surface area contributed by atoms with Crippen molar-refractivity contribution in [1.29, 1.82) is 0 Å². The molecule has 6 heteroatoms. The molecule has 1 saturated heterocycles. The zero-order valence-electron chi connectivity index (χ0n) is 13.4. The number of hydrogen-bond acceptors (Lipinski definition) is 3. The minimum Gasteiger partial charge on any atom is -0.492 e. The minimum atomic E-state index is -0.132. The summed E-state index contributed by atoms with van der Waals surface area (Å²) in [6.07, 6.45) is 6.52. The first-order chi connectivity index (χ1) is 11.7. The number of carbonyl (C=O) groups is 1. The van der Waals surface area contributed by atoms with Gasteiger partial charge in [0.2, 0.25) is 5.91 Å². The number of ether oxygens (including phenoxy) is 1. The lowest BCUT2D eigenvalue weighted by Crippen LogP contribution is -2.46. The molecule has 0 N–H and O–H groups in total. The van der Waals surface area contributed by atoms with Gasteiger partial charge in [0.05, 0.1) is 12.0 Å². The molecule has 24 heavy (non-hydrogen) atoms. The molecule has 5 nitrogen and oxygen atoms in total. The zero-order chi connectivity index (χ0) is 16.5. The summed E-state index contributed by atoms with van der Waals surface area (Å²) in [5.74, 6) is 0.890. The second-order valence-electron chi connectivity index (χ2n) is 6.53. The third kappa shape index (κ3) is 3.00. The number of benzene rings is 1. The highest BCUT2D eigenvalue weighted by Crippen LogP contribution is 2.31. The molecule has 126 valence electrons. The van der Waals surface area contributed by atoms with Crippen LogP contribution in [0.3, 0.4) is 0 Å². The van der Waals surface area contributed by atoms with Crippen molar-refractivity contribution in [2.45, 2.75) is 25.3 Å². The molecule has 3 heterocycles. The summed E-state index contributed by atoms with van der Waals surface area (Å²) < 4.78 is 7.74. The van der Waals surface area contributed by atoms with E-state index < -0.39 is 0 Å². The van der Waals surface area contributed by atoms with Crippen LogP contribution in [0.2, 0.25) is 5.02 Å². The monoisotopic (exact) mass is 345 g/mol. The summed E-state index contributed by atoms with van der Waals surface area (Å²) in [4.78, 5) is 14.9. The van der Waals surface area contributed by atoms with Gasteiger partial charge in [0.1, 0.15) is 12.4 Å². The number of rotatable bonds is 2. The van der Waals surface area contributed by atoms with E-state index in [4.69, 9.17) is 16.3 Å². The average Bonchev–Trinajstić information content (AvgIpc) is 3.15. The molecule has 0 unspecified atom stereocenters. The van der Waals surface area contributed by atoms with Crippen LogP contribution in [0.15, 0.2) is 36.7 Å². The van der Waals surface area contributed by atoms with E-state index in [-0.39, 0.29) is 17.9 Å². The maximum atomic E-state index is 12.9. The van der Waals surface area contributed by atoms with Crippen molar-refractivity contribution < 1.29 is 9.53 Å². The van der Waals surface area contributed by atoms with Gasteiger partial charge in [-0.1, -0.05) is 11.6 Å². The molecular weight excluding hydrogens is 326 g/mol. The fourth-order valence-electron chi connectivity index (χ4n) is 3.65. The van der Waals surface area contributed by atoms with E-state index in [0.29, 0.717) is 18.1 Å². The van der Waals surface area contributed by atoms with Gasteiger partial charge in [-0.2, -0.15) is 5.10 Å². The molecule has 0 saturated carbocycles. The van der Waals surface area contributed by atoms with Crippen LogP contribution in [-0.2, 0) is 11.2 Å². The Bertz CT molecular complexity index is 732. The van der Waals surface area contributed by atoms with E-state index in [2.05, 4.69) is 5.10 Å². The van der Waals surface area contributed by atoms with Gasteiger partial charge in [-0.15, -0.1) is 0 Å². The number of aromatic nitrogens is 2. The van der Waals surface area contributed by atoms with Crippen LogP contribution in [0.5, 0.6) is 5.75 Å². The Morgan fingerprint density at radius 3 is 3.12 bits per heavy atom. The number of likely N-dealkylation sites (tertiary alicyclic amines) is 1. The van der Waals surface area contributed by atoms with Gasteiger partial charge in [-0.3, -0.25) is 9.48 Å². The minimum absolute atomic E-state index is 0.132. The summed E-state index contributed by atoms with van der Waals surface area (Å²) in [5, 5.41) is 5.01. The van der Waals surface area contributed by atoms with E-state index >= 15 is 0 Å². The normalized spacial score (nSPS) is 23.5. The number of nitrogens with zero attached hydrogens (tertiary/aromatic N) is 3. The maximum absolute atomic E-state index is 12.9. The third-order valence-electron chi connectivity index (χ3n) is 4.89. The SMILES string of the molecule is O=C([C@@H]1COc2ccc(Cl)cc2C1)N1CCC[C@@H](n2cccn2)C1. The Morgan fingerprint density at radius 1 is 1.38 bits per heavy atom. The van der Waals surface area contributed by atoms with Crippen molar-refractivity contribution in [1.82, 2.24) is 14.7 Å². The summed E-state index contributed by atoms with van der Waals surface area (Å²) in [7, 11) is 0. The number of halogens is 1. The van der Waals surface area contributed by atoms with Crippen LogP contribution in [0.4, 0.5) is 0 Å². The zero-order valence-corrected chi connectivity index (χ0v) is 14.2. The summed E-state index contributed by atoms with van der Waals surface area (Å²) in [6.45, 7) is 1.98. The maximum Gasteiger partial charge on any atom is 0.229 e. The van der Waals surface area contributed by atoms with E-state index in [9.17, 15) is 4.79 Å².